The molecule has 2 N–H and O–H groups in total. The Morgan fingerprint density at radius 1 is 1.46 bits per heavy atom. The fourth-order valence-corrected chi connectivity index (χ4v) is 1.70. The minimum absolute atomic E-state index is 0.566. The molecule has 2 rings (SSSR count). The lowest BCUT2D eigenvalue weighted by molar-refractivity contribution is 0.141. The molecule has 0 aliphatic carbocycles. The molecule has 1 aromatic rings. The van der Waals surface area contributed by atoms with Crippen molar-refractivity contribution in [2.75, 3.05) is 13.2 Å². The van der Waals surface area contributed by atoms with E-state index >= 15 is 0 Å². The summed E-state index contributed by atoms with van der Waals surface area (Å²) in [6, 6.07) is 6.12. The van der Waals surface area contributed by atoms with Crippen LogP contribution in [0.5, 0.6) is 5.75 Å². The molecule has 0 unspecified atom stereocenters. The molecule has 0 spiro atoms. The van der Waals surface area contributed by atoms with Gasteiger partial charge in [0.1, 0.15) is 5.75 Å². The first-order valence-corrected chi connectivity index (χ1v) is 4.47. The van der Waals surface area contributed by atoms with E-state index in [1.807, 2.05) is 12.1 Å². The first kappa shape index (κ1) is 8.53. The van der Waals surface area contributed by atoms with E-state index in [9.17, 15) is 0 Å². The first-order chi connectivity index (χ1) is 6.42. The Morgan fingerprint density at radius 2 is 2.38 bits per heavy atom. The predicted molar refractivity (Wildman–Crippen MR) is 49.5 cm³/mol. The largest absolute Gasteiger partial charge is 0.493 e. The summed E-state index contributed by atoms with van der Waals surface area (Å²) in [5.41, 5.74) is 2.61. The zero-order chi connectivity index (χ0) is 9.10. The van der Waals surface area contributed by atoms with Gasteiger partial charge in [-0.3, -0.25) is 0 Å². The Kier molecular flexibility index (Phi) is 2.47. The number of rotatable bonds is 3. The minimum Gasteiger partial charge on any atom is -0.493 e. The summed E-state index contributed by atoms with van der Waals surface area (Å²) in [6.45, 7) is 1.37. The van der Waals surface area contributed by atoms with Gasteiger partial charge in [-0.25, -0.2) is 5.90 Å². The standard InChI is InChI=1S/C10H13NO2/c11-13-7-4-8-2-1-3-10-9(8)5-6-12-10/h1-3H,4-7,11H2. The third-order valence-corrected chi connectivity index (χ3v) is 2.33. The zero-order valence-electron chi connectivity index (χ0n) is 7.45. The van der Waals surface area contributed by atoms with Crippen molar-refractivity contribution < 1.29 is 9.57 Å². The van der Waals surface area contributed by atoms with Crippen molar-refractivity contribution in [2.45, 2.75) is 12.8 Å². The highest BCUT2D eigenvalue weighted by Crippen LogP contribution is 2.28. The third kappa shape index (κ3) is 1.66. The molecule has 0 saturated heterocycles. The number of ether oxygens (including phenoxy) is 1. The molecule has 3 heteroatoms. The predicted octanol–water partition coefficient (Wildman–Crippen LogP) is 1.05. The molecular formula is C10H13NO2. The van der Waals surface area contributed by atoms with Gasteiger partial charge in [0.25, 0.3) is 0 Å². The zero-order valence-corrected chi connectivity index (χ0v) is 7.45. The average molecular weight is 179 g/mol. The van der Waals surface area contributed by atoms with Crippen molar-refractivity contribution in [3.63, 3.8) is 0 Å². The third-order valence-electron chi connectivity index (χ3n) is 2.33. The summed E-state index contributed by atoms with van der Waals surface area (Å²) in [6.07, 6.45) is 1.87. The van der Waals surface area contributed by atoms with Gasteiger partial charge in [-0.05, 0) is 18.1 Å². The maximum Gasteiger partial charge on any atom is 0.122 e. The maximum absolute atomic E-state index is 5.45. The second-order valence-electron chi connectivity index (χ2n) is 3.11. The Morgan fingerprint density at radius 3 is 3.23 bits per heavy atom. The molecule has 0 atom stereocenters. The van der Waals surface area contributed by atoms with Crippen LogP contribution in [-0.4, -0.2) is 13.2 Å². The second kappa shape index (κ2) is 3.77. The molecule has 13 heavy (non-hydrogen) atoms. The van der Waals surface area contributed by atoms with Crippen molar-refractivity contribution in [3.8, 4) is 5.75 Å². The topological polar surface area (TPSA) is 44.5 Å². The molecule has 0 bridgehead atoms. The van der Waals surface area contributed by atoms with E-state index in [0.29, 0.717) is 6.61 Å². The van der Waals surface area contributed by atoms with E-state index in [0.717, 1.165) is 25.2 Å². The molecular weight excluding hydrogens is 166 g/mol. The number of benzene rings is 1. The van der Waals surface area contributed by atoms with Gasteiger partial charge in [0.2, 0.25) is 0 Å². The normalized spacial score (nSPS) is 13.9. The monoisotopic (exact) mass is 179 g/mol. The van der Waals surface area contributed by atoms with Gasteiger partial charge >= 0.3 is 0 Å². The van der Waals surface area contributed by atoms with Crippen molar-refractivity contribution in [1.29, 1.82) is 0 Å². The molecule has 0 saturated carbocycles. The van der Waals surface area contributed by atoms with E-state index in [2.05, 4.69) is 10.9 Å². The highest BCUT2D eigenvalue weighted by Gasteiger charge is 2.14. The van der Waals surface area contributed by atoms with Crippen molar-refractivity contribution in [3.05, 3.63) is 29.3 Å². The number of hydrogen-bond donors (Lipinski definition) is 1. The Bertz CT molecular complexity index is 299. The number of hydrogen-bond acceptors (Lipinski definition) is 3. The fourth-order valence-electron chi connectivity index (χ4n) is 1.70. The van der Waals surface area contributed by atoms with Crippen LogP contribution in [0.25, 0.3) is 0 Å². The summed E-state index contributed by atoms with van der Waals surface area (Å²) in [5, 5.41) is 0. The maximum atomic E-state index is 5.45. The molecule has 0 radical (unpaired) electrons. The van der Waals surface area contributed by atoms with Gasteiger partial charge in [0.15, 0.2) is 0 Å². The highest BCUT2D eigenvalue weighted by molar-refractivity contribution is 5.42. The van der Waals surface area contributed by atoms with Crippen LogP contribution >= 0.6 is 0 Å². The van der Waals surface area contributed by atoms with E-state index < -0.39 is 0 Å². The smallest absolute Gasteiger partial charge is 0.122 e. The van der Waals surface area contributed by atoms with Crippen LogP contribution < -0.4 is 10.6 Å². The van der Waals surface area contributed by atoms with Gasteiger partial charge in [0.05, 0.1) is 13.2 Å². The van der Waals surface area contributed by atoms with Crippen molar-refractivity contribution in [1.82, 2.24) is 0 Å². The minimum atomic E-state index is 0.566. The molecule has 1 aliphatic rings. The van der Waals surface area contributed by atoms with Crippen LogP contribution in [0.1, 0.15) is 11.1 Å². The van der Waals surface area contributed by atoms with Gasteiger partial charge < -0.3 is 9.57 Å². The van der Waals surface area contributed by atoms with Gasteiger partial charge in [0, 0.05) is 12.0 Å². The Labute approximate surface area is 77.4 Å². The van der Waals surface area contributed by atoms with Gasteiger partial charge in [-0.1, -0.05) is 12.1 Å². The van der Waals surface area contributed by atoms with Crippen LogP contribution in [0.4, 0.5) is 0 Å². The van der Waals surface area contributed by atoms with Crippen LogP contribution in [0.2, 0.25) is 0 Å². The molecule has 70 valence electrons. The molecule has 0 fully saturated rings. The Hall–Kier alpha value is -1.06. The molecule has 1 aliphatic heterocycles. The number of nitrogens with two attached hydrogens (primary N) is 1. The number of fused-ring (bicyclic) bond motifs is 1. The van der Waals surface area contributed by atoms with Crippen molar-refractivity contribution in [2.24, 2.45) is 5.90 Å². The van der Waals surface area contributed by atoms with Gasteiger partial charge in [-0.2, -0.15) is 0 Å². The highest BCUT2D eigenvalue weighted by atomic mass is 16.6. The van der Waals surface area contributed by atoms with Gasteiger partial charge in [-0.15, -0.1) is 0 Å². The Balaban J connectivity index is 2.20. The lowest BCUT2D eigenvalue weighted by Crippen LogP contribution is -2.04. The van der Waals surface area contributed by atoms with E-state index in [1.165, 1.54) is 11.1 Å². The van der Waals surface area contributed by atoms with Crippen LogP contribution in [-0.2, 0) is 17.7 Å². The summed E-state index contributed by atoms with van der Waals surface area (Å²) >= 11 is 0. The summed E-state index contributed by atoms with van der Waals surface area (Å²) in [7, 11) is 0. The first-order valence-electron chi connectivity index (χ1n) is 4.47. The fraction of sp³-hybridized carbons (Fsp3) is 0.400. The lowest BCUT2D eigenvalue weighted by atomic mass is 10.0. The molecule has 1 aromatic carbocycles. The summed E-state index contributed by atoms with van der Waals surface area (Å²) in [5.74, 6) is 6.01. The quantitative estimate of drug-likeness (QED) is 0.705. The van der Waals surface area contributed by atoms with Crippen LogP contribution in [0.3, 0.4) is 0 Å². The summed E-state index contributed by atoms with van der Waals surface area (Å²) < 4.78 is 5.45. The summed E-state index contributed by atoms with van der Waals surface area (Å²) in [4.78, 5) is 4.56. The van der Waals surface area contributed by atoms with E-state index in [1.54, 1.807) is 0 Å². The molecule has 0 amide bonds. The lowest BCUT2D eigenvalue weighted by Gasteiger charge is -2.05. The molecule has 0 aromatic heterocycles. The molecule has 3 nitrogen and oxygen atoms in total. The molecule has 1 heterocycles. The SMILES string of the molecule is NOCCc1cccc2c1CCO2. The second-order valence-corrected chi connectivity index (χ2v) is 3.11. The van der Waals surface area contributed by atoms with Crippen molar-refractivity contribution >= 4 is 0 Å². The van der Waals surface area contributed by atoms with E-state index in [-0.39, 0.29) is 0 Å². The van der Waals surface area contributed by atoms with Crippen LogP contribution in [0, 0.1) is 0 Å². The average Bonchev–Trinajstić information content (AvgIpc) is 2.62. The van der Waals surface area contributed by atoms with E-state index in [4.69, 9.17) is 10.6 Å². The van der Waals surface area contributed by atoms with Crippen LogP contribution in [0.15, 0.2) is 18.2 Å².